The number of carbonyl (C=O) groups excluding carboxylic acids is 1. The molecule has 2 aliphatic rings. The van der Waals surface area contributed by atoms with Crippen molar-refractivity contribution in [2.24, 2.45) is 11.7 Å². The molecule has 5 N–H and O–H groups in total. The third kappa shape index (κ3) is 4.87. The van der Waals surface area contributed by atoms with E-state index in [1.807, 2.05) is 6.92 Å². The lowest BCUT2D eigenvalue weighted by Gasteiger charge is -2.23. The first-order valence-corrected chi connectivity index (χ1v) is 11.6. The summed E-state index contributed by atoms with van der Waals surface area (Å²) in [6.07, 6.45) is 5.48. The van der Waals surface area contributed by atoms with E-state index in [-0.39, 0.29) is 30.9 Å². The predicted octanol–water partition coefficient (Wildman–Crippen LogP) is 3.22. The minimum Gasteiger partial charge on any atom is -0.492 e. The van der Waals surface area contributed by atoms with Crippen LogP contribution in [0.1, 0.15) is 47.3 Å². The number of aromatic amines is 1. The van der Waals surface area contributed by atoms with E-state index in [1.54, 1.807) is 6.07 Å². The Morgan fingerprint density at radius 3 is 2.71 bits per heavy atom. The van der Waals surface area contributed by atoms with E-state index < -0.39 is 5.82 Å². The van der Waals surface area contributed by atoms with Gasteiger partial charge in [0, 0.05) is 35.5 Å². The molecule has 0 bridgehead atoms. The molecule has 3 aromatic rings. The molecule has 5 rings (SSSR count). The van der Waals surface area contributed by atoms with E-state index in [1.165, 1.54) is 12.4 Å². The Morgan fingerprint density at radius 2 is 2.00 bits per heavy atom. The number of benzene rings is 1. The molecule has 182 valence electrons. The SMILES string of the molecule is Cc1[nH]c2c(-c3cc(CN)c(F)cc3OCC3CC3)ncnc2c1C(=O)NC1CCNCC1.Cl. The quantitative estimate of drug-likeness (QED) is 0.405. The smallest absolute Gasteiger partial charge is 0.255 e. The second kappa shape index (κ2) is 10.2. The number of hydrogen-bond acceptors (Lipinski definition) is 6. The number of nitrogens with zero attached hydrogens (tertiary/aromatic N) is 2. The Hall–Kier alpha value is -2.75. The topological polar surface area (TPSA) is 118 Å². The second-order valence-corrected chi connectivity index (χ2v) is 8.97. The fourth-order valence-corrected chi connectivity index (χ4v) is 4.38. The van der Waals surface area contributed by atoms with Gasteiger partial charge in [-0.3, -0.25) is 4.79 Å². The van der Waals surface area contributed by atoms with E-state index >= 15 is 0 Å². The number of amides is 1. The summed E-state index contributed by atoms with van der Waals surface area (Å²) in [4.78, 5) is 25.4. The van der Waals surface area contributed by atoms with Gasteiger partial charge in [0.05, 0.1) is 17.7 Å². The summed E-state index contributed by atoms with van der Waals surface area (Å²) in [6.45, 7) is 4.23. The Kier molecular flexibility index (Phi) is 7.35. The van der Waals surface area contributed by atoms with Crippen LogP contribution in [0, 0.1) is 18.7 Å². The van der Waals surface area contributed by atoms with Crippen LogP contribution in [0.5, 0.6) is 5.75 Å². The average molecular weight is 489 g/mol. The van der Waals surface area contributed by atoms with Gasteiger partial charge in [0.1, 0.15) is 29.1 Å². The Balaban J connectivity index is 0.00000274. The molecule has 0 radical (unpaired) electrons. The number of nitrogens with two attached hydrogens (primary N) is 1. The fraction of sp³-hybridized carbons (Fsp3) is 0.458. The van der Waals surface area contributed by atoms with Crippen LogP contribution in [-0.2, 0) is 6.54 Å². The third-order valence-corrected chi connectivity index (χ3v) is 6.47. The number of halogens is 2. The number of hydrogen-bond donors (Lipinski definition) is 4. The highest BCUT2D eigenvalue weighted by molar-refractivity contribution is 6.09. The lowest BCUT2D eigenvalue weighted by atomic mass is 10.0. The molecule has 0 atom stereocenters. The number of carbonyl (C=O) groups is 1. The van der Waals surface area contributed by atoms with Crippen molar-refractivity contribution in [1.82, 2.24) is 25.6 Å². The summed E-state index contributed by atoms with van der Waals surface area (Å²) in [5.74, 6) is 0.382. The minimum atomic E-state index is -0.401. The summed E-state index contributed by atoms with van der Waals surface area (Å²) < 4.78 is 20.5. The van der Waals surface area contributed by atoms with Crippen molar-refractivity contribution in [1.29, 1.82) is 0 Å². The molecule has 1 saturated heterocycles. The van der Waals surface area contributed by atoms with Gasteiger partial charge in [-0.05, 0) is 57.7 Å². The maximum absolute atomic E-state index is 14.5. The number of nitrogens with one attached hydrogen (secondary N) is 3. The van der Waals surface area contributed by atoms with Crippen LogP contribution in [0.15, 0.2) is 18.5 Å². The first kappa shape index (κ1) is 24.4. The van der Waals surface area contributed by atoms with Crippen LogP contribution >= 0.6 is 12.4 Å². The maximum atomic E-state index is 14.5. The van der Waals surface area contributed by atoms with Crippen LogP contribution in [0.2, 0.25) is 0 Å². The lowest BCUT2D eigenvalue weighted by molar-refractivity contribution is 0.0930. The van der Waals surface area contributed by atoms with Crippen molar-refractivity contribution in [2.75, 3.05) is 19.7 Å². The lowest BCUT2D eigenvalue weighted by Crippen LogP contribution is -2.42. The van der Waals surface area contributed by atoms with Crippen LogP contribution in [0.4, 0.5) is 4.39 Å². The van der Waals surface area contributed by atoms with Gasteiger partial charge < -0.3 is 26.1 Å². The van der Waals surface area contributed by atoms with E-state index in [2.05, 4.69) is 25.6 Å². The normalized spacial score (nSPS) is 16.3. The van der Waals surface area contributed by atoms with E-state index in [0.29, 0.717) is 57.4 Å². The molecule has 8 nitrogen and oxygen atoms in total. The number of piperidine rings is 1. The summed E-state index contributed by atoms with van der Waals surface area (Å²) in [6, 6.07) is 3.20. The first-order valence-electron chi connectivity index (χ1n) is 11.6. The van der Waals surface area contributed by atoms with Crippen molar-refractivity contribution in [3.8, 4) is 17.0 Å². The van der Waals surface area contributed by atoms with E-state index in [4.69, 9.17) is 10.5 Å². The van der Waals surface area contributed by atoms with Crippen molar-refractivity contribution in [2.45, 2.75) is 45.2 Å². The largest absolute Gasteiger partial charge is 0.492 e. The van der Waals surface area contributed by atoms with Crippen LogP contribution < -0.4 is 21.1 Å². The molecule has 0 spiro atoms. The molecule has 3 heterocycles. The average Bonchev–Trinajstić information content (AvgIpc) is 3.58. The Bertz CT molecular complexity index is 1190. The minimum absolute atomic E-state index is 0. The number of H-pyrrole nitrogens is 1. The molecule has 2 fully saturated rings. The molecular weight excluding hydrogens is 459 g/mol. The predicted molar refractivity (Wildman–Crippen MR) is 131 cm³/mol. The number of rotatable bonds is 7. The summed E-state index contributed by atoms with van der Waals surface area (Å²) in [5.41, 5.74) is 9.72. The molecule has 1 saturated carbocycles. The molecule has 2 aromatic heterocycles. The zero-order valence-electron chi connectivity index (χ0n) is 19.1. The third-order valence-electron chi connectivity index (χ3n) is 6.47. The Morgan fingerprint density at radius 1 is 1.24 bits per heavy atom. The molecular formula is C24H30ClFN6O2. The number of ether oxygens (including phenoxy) is 1. The van der Waals surface area contributed by atoms with Gasteiger partial charge in [-0.15, -0.1) is 12.4 Å². The van der Waals surface area contributed by atoms with Gasteiger partial charge in [-0.1, -0.05) is 0 Å². The summed E-state index contributed by atoms with van der Waals surface area (Å²) in [5, 5.41) is 6.44. The summed E-state index contributed by atoms with van der Waals surface area (Å²) >= 11 is 0. The highest BCUT2D eigenvalue weighted by atomic mass is 35.5. The maximum Gasteiger partial charge on any atom is 0.255 e. The van der Waals surface area contributed by atoms with Crippen LogP contribution in [0.25, 0.3) is 22.3 Å². The first-order chi connectivity index (χ1) is 16.0. The van der Waals surface area contributed by atoms with Gasteiger partial charge in [0.25, 0.3) is 5.91 Å². The van der Waals surface area contributed by atoms with E-state index in [9.17, 15) is 9.18 Å². The highest BCUT2D eigenvalue weighted by Gasteiger charge is 2.26. The zero-order valence-corrected chi connectivity index (χ0v) is 19.9. The van der Waals surface area contributed by atoms with Gasteiger partial charge in [-0.2, -0.15) is 0 Å². The van der Waals surface area contributed by atoms with Crippen molar-refractivity contribution < 1.29 is 13.9 Å². The number of aryl methyl sites for hydroxylation is 1. The highest BCUT2D eigenvalue weighted by Crippen LogP contribution is 2.37. The second-order valence-electron chi connectivity index (χ2n) is 8.97. The fourth-order valence-electron chi connectivity index (χ4n) is 4.38. The van der Waals surface area contributed by atoms with E-state index in [0.717, 1.165) is 38.8 Å². The van der Waals surface area contributed by atoms with Crippen molar-refractivity contribution in [3.05, 3.63) is 41.1 Å². The molecule has 1 aliphatic carbocycles. The number of fused-ring (bicyclic) bond motifs is 1. The zero-order chi connectivity index (χ0) is 22.9. The van der Waals surface area contributed by atoms with Gasteiger partial charge in [0.2, 0.25) is 0 Å². The van der Waals surface area contributed by atoms with Crippen LogP contribution in [0.3, 0.4) is 0 Å². The molecule has 10 heteroatoms. The molecule has 0 unspecified atom stereocenters. The van der Waals surface area contributed by atoms with Gasteiger partial charge >= 0.3 is 0 Å². The molecule has 1 aromatic carbocycles. The van der Waals surface area contributed by atoms with Crippen molar-refractivity contribution >= 4 is 29.3 Å². The summed E-state index contributed by atoms with van der Waals surface area (Å²) in [7, 11) is 0. The van der Waals surface area contributed by atoms with Gasteiger partial charge in [-0.25, -0.2) is 14.4 Å². The monoisotopic (exact) mass is 488 g/mol. The standard InChI is InChI=1S/C24H29FN6O2.ClH/c1-13-20(24(32)31-16-4-6-27-7-5-16)22-23(30-13)21(28-12-29-22)17-8-15(10-26)18(25)9-19(17)33-11-14-2-3-14;/h8-9,12,14,16,27,30H,2-7,10-11,26H2,1H3,(H,31,32);1H. The Labute approximate surface area is 203 Å². The van der Waals surface area contributed by atoms with Crippen molar-refractivity contribution in [3.63, 3.8) is 0 Å². The number of aromatic nitrogens is 3. The molecule has 1 aliphatic heterocycles. The molecule has 34 heavy (non-hydrogen) atoms. The van der Waals surface area contributed by atoms with Gasteiger partial charge in [0.15, 0.2) is 0 Å². The molecule has 1 amide bonds. The van der Waals surface area contributed by atoms with Crippen LogP contribution in [-0.4, -0.2) is 46.6 Å².